The van der Waals surface area contributed by atoms with E-state index in [1.165, 1.54) is 29.0 Å². The van der Waals surface area contributed by atoms with Crippen molar-refractivity contribution in [1.29, 1.82) is 0 Å². The molecule has 2 aromatic rings. The van der Waals surface area contributed by atoms with Gasteiger partial charge in [0.2, 0.25) is 0 Å². The van der Waals surface area contributed by atoms with Crippen molar-refractivity contribution in [1.82, 2.24) is 14.9 Å². The van der Waals surface area contributed by atoms with Crippen LogP contribution in [-0.2, 0) is 6.54 Å². The van der Waals surface area contributed by atoms with Gasteiger partial charge in [-0.3, -0.25) is 9.36 Å². The lowest BCUT2D eigenvalue weighted by molar-refractivity contribution is 0.452. The van der Waals surface area contributed by atoms with Gasteiger partial charge in [0.05, 0.1) is 12.4 Å². The Morgan fingerprint density at radius 3 is 2.57 bits per heavy atom. The number of hydrogen-bond donors (Lipinski definition) is 1. The predicted molar refractivity (Wildman–Crippen MR) is 85.4 cm³/mol. The first kappa shape index (κ1) is 15.4. The molecule has 0 fully saturated rings. The minimum atomic E-state index is -0.0160. The standard InChI is InChI=1S/C17H23N3O/c1-4-6-19-16(11-20-12-18-7-5-17(20)21)15-9-13(2)8-14(3)10-15/h5,7-10,12,16,19H,4,6,11H2,1-3H3. The Kier molecular flexibility index (Phi) is 5.28. The summed E-state index contributed by atoms with van der Waals surface area (Å²) in [5.74, 6) is 0. The second kappa shape index (κ2) is 7.18. The van der Waals surface area contributed by atoms with Crippen molar-refractivity contribution in [2.24, 2.45) is 0 Å². The Morgan fingerprint density at radius 2 is 1.95 bits per heavy atom. The maximum absolute atomic E-state index is 11.9. The molecule has 1 atom stereocenters. The highest BCUT2D eigenvalue weighted by atomic mass is 16.1. The molecule has 0 spiro atoms. The molecule has 4 heteroatoms. The summed E-state index contributed by atoms with van der Waals surface area (Å²) in [6.45, 7) is 7.86. The summed E-state index contributed by atoms with van der Waals surface area (Å²) in [7, 11) is 0. The van der Waals surface area contributed by atoms with Gasteiger partial charge in [-0.1, -0.05) is 36.2 Å². The number of rotatable bonds is 6. The molecule has 112 valence electrons. The lowest BCUT2D eigenvalue weighted by atomic mass is 10.0. The Hall–Kier alpha value is -1.94. The summed E-state index contributed by atoms with van der Waals surface area (Å²) in [6.07, 6.45) is 4.19. The van der Waals surface area contributed by atoms with Crippen molar-refractivity contribution in [3.63, 3.8) is 0 Å². The number of aryl methyl sites for hydroxylation is 2. The van der Waals surface area contributed by atoms with Crippen LogP contribution in [0, 0.1) is 13.8 Å². The van der Waals surface area contributed by atoms with Gasteiger partial charge >= 0.3 is 0 Å². The third kappa shape index (κ3) is 4.26. The van der Waals surface area contributed by atoms with Crippen molar-refractivity contribution >= 4 is 0 Å². The zero-order valence-electron chi connectivity index (χ0n) is 13.0. The van der Waals surface area contributed by atoms with Crippen LogP contribution in [0.2, 0.25) is 0 Å². The molecule has 1 aromatic heterocycles. The fourth-order valence-corrected chi connectivity index (χ4v) is 2.53. The van der Waals surface area contributed by atoms with Crippen LogP contribution in [0.15, 0.2) is 41.6 Å². The van der Waals surface area contributed by atoms with E-state index in [0.717, 1.165) is 13.0 Å². The minimum absolute atomic E-state index is 0.0160. The molecule has 0 radical (unpaired) electrons. The number of aromatic nitrogens is 2. The molecule has 1 unspecified atom stereocenters. The van der Waals surface area contributed by atoms with Gasteiger partial charge in [0.15, 0.2) is 0 Å². The van der Waals surface area contributed by atoms with E-state index in [1.54, 1.807) is 10.9 Å². The molecular weight excluding hydrogens is 262 g/mol. The molecule has 0 amide bonds. The first-order chi connectivity index (χ1) is 10.1. The maximum atomic E-state index is 11.9. The van der Waals surface area contributed by atoms with Crippen LogP contribution in [0.4, 0.5) is 0 Å². The van der Waals surface area contributed by atoms with Crippen LogP contribution in [0.1, 0.15) is 36.1 Å². The monoisotopic (exact) mass is 285 g/mol. The van der Waals surface area contributed by atoms with Gasteiger partial charge in [0.25, 0.3) is 5.56 Å². The normalized spacial score (nSPS) is 12.3. The Morgan fingerprint density at radius 1 is 1.24 bits per heavy atom. The van der Waals surface area contributed by atoms with Crippen molar-refractivity contribution in [3.8, 4) is 0 Å². The average molecular weight is 285 g/mol. The second-order valence-corrected chi connectivity index (χ2v) is 5.50. The number of hydrogen-bond acceptors (Lipinski definition) is 3. The SMILES string of the molecule is CCCNC(Cn1cnccc1=O)c1cc(C)cc(C)c1. The molecule has 2 rings (SSSR count). The van der Waals surface area contributed by atoms with Crippen LogP contribution >= 0.6 is 0 Å². The van der Waals surface area contributed by atoms with E-state index in [4.69, 9.17) is 0 Å². The van der Waals surface area contributed by atoms with E-state index >= 15 is 0 Å². The van der Waals surface area contributed by atoms with Crippen LogP contribution in [0.5, 0.6) is 0 Å². The van der Waals surface area contributed by atoms with Gasteiger partial charge in [-0.2, -0.15) is 0 Å². The molecule has 0 aliphatic carbocycles. The van der Waals surface area contributed by atoms with Crippen LogP contribution in [0.25, 0.3) is 0 Å². The molecular formula is C17H23N3O. The van der Waals surface area contributed by atoms with Crippen molar-refractivity contribution < 1.29 is 0 Å². The summed E-state index contributed by atoms with van der Waals surface area (Å²) < 4.78 is 1.66. The molecule has 1 N–H and O–H groups in total. The van der Waals surface area contributed by atoms with E-state index < -0.39 is 0 Å². The van der Waals surface area contributed by atoms with Crippen LogP contribution in [0.3, 0.4) is 0 Å². The highest BCUT2D eigenvalue weighted by Gasteiger charge is 2.13. The quantitative estimate of drug-likeness (QED) is 0.887. The highest BCUT2D eigenvalue weighted by molar-refractivity contribution is 5.30. The zero-order chi connectivity index (χ0) is 15.2. The van der Waals surface area contributed by atoms with E-state index in [2.05, 4.69) is 49.3 Å². The molecule has 4 nitrogen and oxygen atoms in total. The maximum Gasteiger partial charge on any atom is 0.253 e. The molecule has 0 aliphatic heterocycles. The first-order valence-corrected chi connectivity index (χ1v) is 7.42. The average Bonchev–Trinajstić information content (AvgIpc) is 2.44. The topological polar surface area (TPSA) is 46.9 Å². The molecule has 0 aliphatic rings. The minimum Gasteiger partial charge on any atom is -0.308 e. The molecule has 1 heterocycles. The zero-order valence-corrected chi connectivity index (χ0v) is 13.0. The Labute approximate surface area is 125 Å². The van der Waals surface area contributed by atoms with Gasteiger partial charge in [-0.05, 0) is 32.4 Å². The fraction of sp³-hybridized carbons (Fsp3) is 0.412. The molecule has 0 bridgehead atoms. The Balaban J connectivity index is 2.29. The summed E-state index contributed by atoms with van der Waals surface area (Å²) in [5, 5.41) is 3.53. The predicted octanol–water partition coefficient (Wildman–Crippen LogP) is 2.60. The lowest BCUT2D eigenvalue weighted by Crippen LogP contribution is -2.30. The van der Waals surface area contributed by atoms with Gasteiger partial charge in [-0.15, -0.1) is 0 Å². The third-order valence-electron chi connectivity index (χ3n) is 3.46. The molecule has 1 aromatic carbocycles. The lowest BCUT2D eigenvalue weighted by Gasteiger charge is -2.21. The highest BCUT2D eigenvalue weighted by Crippen LogP contribution is 2.18. The summed E-state index contributed by atoms with van der Waals surface area (Å²) in [4.78, 5) is 15.9. The second-order valence-electron chi connectivity index (χ2n) is 5.50. The largest absolute Gasteiger partial charge is 0.308 e. The van der Waals surface area contributed by atoms with Crippen molar-refractivity contribution in [2.75, 3.05) is 6.54 Å². The third-order valence-corrected chi connectivity index (χ3v) is 3.46. The van der Waals surface area contributed by atoms with Crippen molar-refractivity contribution in [2.45, 2.75) is 39.8 Å². The van der Waals surface area contributed by atoms with Gasteiger partial charge in [0.1, 0.15) is 0 Å². The molecule has 21 heavy (non-hydrogen) atoms. The summed E-state index contributed by atoms with van der Waals surface area (Å²) in [6, 6.07) is 8.14. The van der Waals surface area contributed by atoms with Gasteiger partial charge in [0, 0.05) is 18.8 Å². The Bertz CT molecular complexity index is 628. The van der Waals surface area contributed by atoms with Crippen molar-refractivity contribution in [3.05, 3.63) is 63.8 Å². The smallest absolute Gasteiger partial charge is 0.253 e. The molecule has 0 saturated heterocycles. The number of nitrogens with zero attached hydrogens (tertiary/aromatic N) is 2. The fourth-order valence-electron chi connectivity index (χ4n) is 2.53. The van der Waals surface area contributed by atoms with E-state index in [0.29, 0.717) is 6.54 Å². The van der Waals surface area contributed by atoms with E-state index in [1.807, 2.05) is 0 Å². The van der Waals surface area contributed by atoms with Gasteiger partial charge < -0.3 is 5.32 Å². The molecule has 0 saturated carbocycles. The van der Waals surface area contributed by atoms with E-state index in [-0.39, 0.29) is 11.6 Å². The van der Waals surface area contributed by atoms with Crippen LogP contribution < -0.4 is 10.9 Å². The summed E-state index contributed by atoms with van der Waals surface area (Å²) in [5.41, 5.74) is 3.69. The number of benzene rings is 1. The first-order valence-electron chi connectivity index (χ1n) is 7.42. The summed E-state index contributed by atoms with van der Waals surface area (Å²) >= 11 is 0. The van der Waals surface area contributed by atoms with E-state index in [9.17, 15) is 4.79 Å². The van der Waals surface area contributed by atoms with Crippen LogP contribution in [-0.4, -0.2) is 16.1 Å². The number of nitrogens with one attached hydrogen (secondary N) is 1. The van der Waals surface area contributed by atoms with Gasteiger partial charge in [-0.25, -0.2) is 4.98 Å².